The fourth-order valence-corrected chi connectivity index (χ4v) is 4.93. The van der Waals surface area contributed by atoms with Gasteiger partial charge in [-0.25, -0.2) is 4.68 Å². The van der Waals surface area contributed by atoms with E-state index in [9.17, 15) is 4.79 Å². The van der Waals surface area contributed by atoms with Crippen LogP contribution in [0.25, 0.3) is 16.5 Å². The molecule has 0 radical (unpaired) electrons. The van der Waals surface area contributed by atoms with Crippen LogP contribution in [0.2, 0.25) is 0 Å². The molecule has 5 rings (SSSR count). The maximum Gasteiger partial charge on any atom is 0.264 e. The quantitative estimate of drug-likeness (QED) is 0.265. The summed E-state index contributed by atoms with van der Waals surface area (Å²) in [5.74, 6) is 1.03. The van der Waals surface area contributed by atoms with Crippen LogP contribution < -0.4 is 10.1 Å². The molecule has 2 aromatic heterocycles. The lowest BCUT2D eigenvalue weighted by molar-refractivity contribution is -0.118. The number of hydrogen-bond donors (Lipinski definition) is 1. The number of tetrazole rings is 1. The predicted molar refractivity (Wildman–Crippen MR) is 127 cm³/mol. The number of anilines is 1. The van der Waals surface area contributed by atoms with Crippen molar-refractivity contribution in [2.75, 3.05) is 11.9 Å². The van der Waals surface area contributed by atoms with Crippen LogP contribution in [0.15, 0.2) is 77.4 Å². The standard InChI is InChI=1S/C22H17N7O2S2/c30-20(12-31-18-10-8-17(9-11-18)29-14-23-27-28-29)24-21-25-26-22(33-21)32-13-16-6-3-5-15-4-1-2-7-19(15)16/h1-11,14H,12-13H2,(H,24,25,30). The van der Waals surface area contributed by atoms with Crippen LogP contribution in [-0.2, 0) is 10.5 Å². The molecule has 164 valence electrons. The Morgan fingerprint density at radius 2 is 1.88 bits per heavy atom. The highest BCUT2D eigenvalue weighted by atomic mass is 32.2. The van der Waals surface area contributed by atoms with Gasteiger partial charge >= 0.3 is 0 Å². The zero-order chi connectivity index (χ0) is 22.5. The van der Waals surface area contributed by atoms with Crippen molar-refractivity contribution in [3.05, 3.63) is 78.6 Å². The van der Waals surface area contributed by atoms with Gasteiger partial charge in [0.2, 0.25) is 5.13 Å². The average Bonchev–Trinajstić information content (AvgIpc) is 3.54. The van der Waals surface area contributed by atoms with Crippen molar-refractivity contribution in [2.45, 2.75) is 10.1 Å². The summed E-state index contributed by atoms with van der Waals surface area (Å²) in [4.78, 5) is 12.2. The Balaban J connectivity index is 1.12. The molecule has 0 unspecified atom stereocenters. The number of hydrogen-bond acceptors (Lipinski definition) is 9. The Bertz CT molecular complexity index is 1370. The van der Waals surface area contributed by atoms with Gasteiger partial charge in [0.05, 0.1) is 5.69 Å². The molecule has 0 saturated heterocycles. The third kappa shape index (κ3) is 5.16. The van der Waals surface area contributed by atoms with Crippen LogP contribution in [0, 0.1) is 0 Å². The molecule has 33 heavy (non-hydrogen) atoms. The van der Waals surface area contributed by atoms with Crippen LogP contribution in [0.4, 0.5) is 5.13 Å². The van der Waals surface area contributed by atoms with Crippen LogP contribution in [0.5, 0.6) is 5.75 Å². The van der Waals surface area contributed by atoms with Gasteiger partial charge in [-0.05, 0) is 51.0 Å². The molecule has 0 fully saturated rings. The summed E-state index contributed by atoms with van der Waals surface area (Å²) >= 11 is 2.93. The van der Waals surface area contributed by atoms with Gasteiger partial charge in [-0.1, -0.05) is 65.6 Å². The lowest BCUT2D eigenvalue weighted by atomic mass is 10.1. The Kier molecular flexibility index (Phi) is 6.22. The minimum atomic E-state index is -0.304. The summed E-state index contributed by atoms with van der Waals surface area (Å²) in [6.07, 6.45) is 1.50. The van der Waals surface area contributed by atoms with Crippen LogP contribution >= 0.6 is 23.1 Å². The first kappa shape index (κ1) is 21.0. The number of fused-ring (bicyclic) bond motifs is 1. The van der Waals surface area contributed by atoms with Gasteiger partial charge < -0.3 is 4.74 Å². The van der Waals surface area contributed by atoms with E-state index in [0.29, 0.717) is 10.9 Å². The van der Waals surface area contributed by atoms with Crippen molar-refractivity contribution in [3.8, 4) is 11.4 Å². The summed E-state index contributed by atoms with van der Waals surface area (Å²) in [5.41, 5.74) is 2.03. The largest absolute Gasteiger partial charge is 0.484 e. The smallest absolute Gasteiger partial charge is 0.264 e. The molecular weight excluding hydrogens is 458 g/mol. The molecule has 1 N–H and O–H groups in total. The highest BCUT2D eigenvalue weighted by Crippen LogP contribution is 2.30. The highest BCUT2D eigenvalue weighted by Gasteiger charge is 2.11. The van der Waals surface area contributed by atoms with Gasteiger partial charge in [0.25, 0.3) is 5.91 Å². The zero-order valence-electron chi connectivity index (χ0n) is 17.2. The fourth-order valence-electron chi connectivity index (χ4n) is 3.16. The lowest BCUT2D eigenvalue weighted by Crippen LogP contribution is -2.20. The van der Waals surface area contributed by atoms with Crippen LogP contribution in [0.1, 0.15) is 5.56 Å². The fraction of sp³-hybridized carbons (Fsp3) is 0.0909. The average molecular weight is 476 g/mol. The van der Waals surface area contributed by atoms with E-state index in [1.54, 1.807) is 36.0 Å². The highest BCUT2D eigenvalue weighted by molar-refractivity contribution is 8.00. The van der Waals surface area contributed by atoms with Crippen molar-refractivity contribution in [2.24, 2.45) is 0 Å². The number of carbonyl (C=O) groups excluding carboxylic acids is 1. The monoisotopic (exact) mass is 475 g/mol. The molecule has 11 heteroatoms. The van der Waals surface area contributed by atoms with Gasteiger partial charge in [-0.15, -0.1) is 15.3 Å². The maximum absolute atomic E-state index is 12.2. The number of carbonyl (C=O) groups is 1. The van der Waals surface area contributed by atoms with Crippen molar-refractivity contribution >= 4 is 44.9 Å². The predicted octanol–water partition coefficient (Wildman–Crippen LogP) is 3.98. The number of thioether (sulfide) groups is 1. The molecule has 5 aromatic rings. The first-order valence-corrected chi connectivity index (χ1v) is 11.7. The van der Waals surface area contributed by atoms with Gasteiger partial charge in [0.15, 0.2) is 10.9 Å². The van der Waals surface area contributed by atoms with Crippen molar-refractivity contribution in [1.82, 2.24) is 30.4 Å². The Labute approximate surface area is 196 Å². The molecule has 2 heterocycles. The molecule has 0 saturated carbocycles. The van der Waals surface area contributed by atoms with E-state index < -0.39 is 0 Å². The van der Waals surface area contributed by atoms with Crippen molar-refractivity contribution in [3.63, 3.8) is 0 Å². The normalized spacial score (nSPS) is 10.9. The summed E-state index contributed by atoms with van der Waals surface area (Å²) in [5, 5.41) is 24.9. The molecule has 1 amide bonds. The second kappa shape index (κ2) is 9.76. The topological polar surface area (TPSA) is 108 Å². The number of benzene rings is 3. The molecule has 0 aliphatic carbocycles. The summed E-state index contributed by atoms with van der Waals surface area (Å²) in [6, 6.07) is 21.7. The number of ether oxygens (including phenoxy) is 1. The molecule has 0 aliphatic heterocycles. The van der Waals surface area contributed by atoms with E-state index in [0.717, 1.165) is 15.8 Å². The van der Waals surface area contributed by atoms with Gasteiger partial charge in [-0.2, -0.15) is 0 Å². The number of amides is 1. The maximum atomic E-state index is 12.2. The number of rotatable bonds is 8. The molecule has 3 aromatic carbocycles. The van der Waals surface area contributed by atoms with Gasteiger partial charge in [-0.3, -0.25) is 10.1 Å². The molecule has 9 nitrogen and oxygen atoms in total. The summed E-state index contributed by atoms with van der Waals surface area (Å²) in [7, 11) is 0. The number of aromatic nitrogens is 6. The SMILES string of the molecule is O=C(COc1ccc(-n2cnnn2)cc1)Nc1nnc(SCc2cccc3ccccc23)s1. The Morgan fingerprint density at radius 1 is 1.03 bits per heavy atom. The minimum Gasteiger partial charge on any atom is -0.484 e. The van der Waals surface area contributed by atoms with E-state index in [2.05, 4.69) is 61.4 Å². The molecular formula is C22H17N7O2S2. The van der Waals surface area contributed by atoms with E-state index in [1.807, 2.05) is 12.1 Å². The van der Waals surface area contributed by atoms with Crippen LogP contribution in [0.3, 0.4) is 0 Å². The summed E-state index contributed by atoms with van der Waals surface area (Å²) < 4.78 is 7.86. The lowest BCUT2D eigenvalue weighted by Gasteiger charge is -2.06. The minimum absolute atomic E-state index is 0.137. The summed E-state index contributed by atoms with van der Waals surface area (Å²) in [6.45, 7) is -0.137. The van der Waals surface area contributed by atoms with E-state index in [-0.39, 0.29) is 12.5 Å². The second-order valence-corrected chi connectivity index (χ2v) is 9.09. The third-order valence-corrected chi connectivity index (χ3v) is 6.72. The van der Waals surface area contributed by atoms with E-state index in [1.165, 1.54) is 38.7 Å². The van der Waals surface area contributed by atoms with Crippen molar-refractivity contribution < 1.29 is 9.53 Å². The molecule has 0 aliphatic rings. The van der Waals surface area contributed by atoms with Crippen LogP contribution in [-0.4, -0.2) is 42.9 Å². The van der Waals surface area contributed by atoms with Gasteiger partial charge in [0.1, 0.15) is 12.1 Å². The Morgan fingerprint density at radius 3 is 2.73 bits per heavy atom. The number of nitrogens with zero attached hydrogens (tertiary/aromatic N) is 6. The molecule has 0 bridgehead atoms. The molecule has 0 spiro atoms. The first-order chi connectivity index (χ1) is 16.2. The molecule has 0 atom stereocenters. The van der Waals surface area contributed by atoms with E-state index in [4.69, 9.17) is 4.74 Å². The Hall–Kier alpha value is -3.83. The van der Waals surface area contributed by atoms with E-state index >= 15 is 0 Å². The first-order valence-electron chi connectivity index (χ1n) is 9.94. The zero-order valence-corrected chi connectivity index (χ0v) is 18.8. The third-order valence-electron chi connectivity index (χ3n) is 4.70. The van der Waals surface area contributed by atoms with Crippen molar-refractivity contribution in [1.29, 1.82) is 0 Å². The van der Waals surface area contributed by atoms with Gasteiger partial charge in [0, 0.05) is 5.75 Å². The number of nitrogens with one attached hydrogen (secondary N) is 1. The second-order valence-electron chi connectivity index (χ2n) is 6.89.